The van der Waals surface area contributed by atoms with Crippen LogP contribution in [0.1, 0.15) is 10.6 Å². The minimum atomic E-state index is -0.476. The van der Waals surface area contributed by atoms with Gasteiger partial charge in [-0.05, 0) is 42.5 Å². The number of anilines is 3. The van der Waals surface area contributed by atoms with Gasteiger partial charge in [0, 0.05) is 34.8 Å². The van der Waals surface area contributed by atoms with Crippen LogP contribution in [0.3, 0.4) is 0 Å². The molecule has 30 heavy (non-hydrogen) atoms. The lowest BCUT2D eigenvalue weighted by Crippen LogP contribution is -2.10. The Hall–Kier alpha value is -4.39. The molecule has 0 saturated carbocycles. The maximum Gasteiger partial charge on any atom is 0.291 e. The summed E-state index contributed by atoms with van der Waals surface area (Å²) in [6, 6.07) is 26.2. The number of para-hydroxylation sites is 1. The van der Waals surface area contributed by atoms with Crippen molar-refractivity contribution in [2.45, 2.75) is 0 Å². The SMILES string of the molecule is O=C(Nc1cccc(Nc2ccccc2)c1)c1ccc(-c2cccc([N+](=O)[O-])c2)o1. The van der Waals surface area contributed by atoms with Crippen molar-refractivity contribution >= 4 is 28.7 Å². The zero-order chi connectivity index (χ0) is 20.9. The highest BCUT2D eigenvalue weighted by Crippen LogP contribution is 2.26. The Labute approximate surface area is 172 Å². The Kier molecular flexibility index (Phi) is 5.25. The van der Waals surface area contributed by atoms with Crippen LogP contribution in [-0.2, 0) is 0 Å². The summed E-state index contributed by atoms with van der Waals surface area (Å²) >= 11 is 0. The third-order valence-corrected chi connectivity index (χ3v) is 4.35. The molecule has 0 aliphatic carbocycles. The first-order valence-corrected chi connectivity index (χ1v) is 9.17. The molecule has 4 aromatic rings. The number of nitro benzene ring substituents is 1. The van der Waals surface area contributed by atoms with Crippen molar-refractivity contribution in [3.63, 3.8) is 0 Å². The molecule has 2 N–H and O–H groups in total. The van der Waals surface area contributed by atoms with E-state index in [2.05, 4.69) is 10.6 Å². The van der Waals surface area contributed by atoms with Gasteiger partial charge in [-0.2, -0.15) is 0 Å². The molecule has 0 radical (unpaired) electrons. The quantitative estimate of drug-likeness (QED) is 0.313. The van der Waals surface area contributed by atoms with Crippen LogP contribution >= 0.6 is 0 Å². The van der Waals surface area contributed by atoms with Gasteiger partial charge < -0.3 is 15.1 Å². The van der Waals surface area contributed by atoms with Crippen molar-refractivity contribution < 1.29 is 14.1 Å². The van der Waals surface area contributed by atoms with E-state index in [1.807, 2.05) is 48.5 Å². The summed E-state index contributed by atoms with van der Waals surface area (Å²) < 4.78 is 5.61. The van der Waals surface area contributed by atoms with Crippen LogP contribution in [0.25, 0.3) is 11.3 Å². The molecular weight excluding hydrogens is 382 g/mol. The van der Waals surface area contributed by atoms with E-state index in [-0.39, 0.29) is 11.4 Å². The van der Waals surface area contributed by atoms with Crippen LogP contribution in [0.4, 0.5) is 22.7 Å². The molecule has 1 amide bonds. The first kappa shape index (κ1) is 18.9. The van der Waals surface area contributed by atoms with Crippen molar-refractivity contribution in [3.05, 3.63) is 107 Å². The standard InChI is InChI=1S/C23H17N3O4/c27-23(22-13-12-21(30-22)16-6-4-11-20(14-16)26(28)29)25-19-10-5-9-18(15-19)24-17-7-2-1-3-8-17/h1-15,24H,(H,25,27). The van der Waals surface area contributed by atoms with E-state index in [1.54, 1.807) is 24.3 Å². The number of amides is 1. The molecule has 0 spiro atoms. The summed E-state index contributed by atoms with van der Waals surface area (Å²) in [6.45, 7) is 0. The Bertz CT molecular complexity index is 1200. The Morgan fingerprint density at radius 1 is 0.800 bits per heavy atom. The average molecular weight is 399 g/mol. The first-order chi connectivity index (χ1) is 14.6. The highest BCUT2D eigenvalue weighted by molar-refractivity contribution is 6.02. The maximum absolute atomic E-state index is 12.6. The average Bonchev–Trinajstić information content (AvgIpc) is 3.25. The minimum Gasteiger partial charge on any atom is -0.451 e. The third kappa shape index (κ3) is 4.36. The Morgan fingerprint density at radius 2 is 1.53 bits per heavy atom. The summed E-state index contributed by atoms with van der Waals surface area (Å²) in [5.41, 5.74) is 2.86. The van der Waals surface area contributed by atoms with Crippen LogP contribution in [0, 0.1) is 10.1 Å². The summed E-state index contributed by atoms with van der Waals surface area (Å²) in [5, 5.41) is 17.0. The second kappa shape index (κ2) is 8.32. The first-order valence-electron chi connectivity index (χ1n) is 9.17. The van der Waals surface area contributed by atoms with E-state index in [0.717, 1.165) is 11.4 Å². The van der Waals surface area contributed by atoms with E-state index in [4.69, 9.17) is 4.42 Å². The number of hydrogen-bond donors (Lipinski definition) is 2. The number of rotatable bonds is 6. The molecule has 0 atom stereocenters. The van der Waals surface area contributed by atoms with Gasteiger partial charge in [0.2, 0.25) is 0 Å². The number of nitrogens with zero attached hydrogens (tertiary/aromatic N) is 1. The predicted octanol–water partition coefficient (Wildman–Crippen LogP) is 5.85. The lowest BCUT2D eigenvalue weighted by atomic mass is 10.1. The fourth-order valence-electron chi connectivity index (χ4n) is 2.94. The number of non-ortho nitro benzene ring substituents is 1. The van der Waals surface area contributed by atoms with E-state index >= 15 is 0 Å². The van der Waals surface area contributed by atoms with Crippen LogP contribution in [0.2, 0.25) is 0 Å². The Balaban J connectivity index is 1.48. The lowest BCUT2D eigenvalue weighted by molar-refractivity contribution is -0.384. The lowest BCUT2D eigenvalue weighted by Gasteiger charge is -2.09. The fraction of sp³-hybridized carbons (Fsp3) is 0. The van der Waals surface area contributed by atoms with Crippen molar-refractivity contribution in [2.24, 2.45) is 0 Å². The van der Waals surface area contributed by atoms with Gasteiger partial charge in [0.05, 0.1) is 4.92 Å². The number of hydrogen-bond acceptors (Lipinski definition) is 5. The number of benzene rings is 3. The largest absolute Gasteiger partial charge is 0.451 e. The summed E-state index contributed by atoms with van der Waals surface area (Å²) in [6.07, 6.45) is 0. The topological polar surface area (TPSA) is 97.4 Å². The molecule has 3 aromatic carbocycles. The number of nitrogens with one attached hydrogen (secondary N) is 2. The van der Waals surface area contributed by atoms with E-state index < -0.39 is 10.8 Å². The smallest absolute Gasteiger partial charge is 0.291 e. The number of nitro groups is 1. The molecule has 7 heteroatoms. The maximum atomic E-state index is 12.6. The molecule has 0 aliphatic rings. The van der Waals surface area contributed by atoms with E-state index in [9.17, 15) is 14.9 Å². The van der Waals surface area contributed by atoms with Crippen LogP contribution in [0.15, 0.2) is 95.4 Å². The van der Waals surface area contributed by atoms with Gasteiger partial charge in [-0.25, -0.2) is 0 Å². The zero-order valence-electron chi connectivity index (χ0n) is 15.7. The second-order valence-electron chi connectivity index (χ2n) is 6.50. The van der Waals surface area contributed by atoms with E-state index in [0.29, 0.717) is 17.0 Å². The van der Waals surface area contributed by atoms with Gasteiger partial charge >= 0.3 is 0 Å². The van der Waals surface area contributed by atoms with Crippen LogP contribution < -0.4 is 10.6 Å². The van der Waals surface area contributed by atoms with Crippen LogP contribution in [0.5, 0.6) is 0 Å². The molecule has 148 valence electrons. The molecule has 4 rings (SSSR count). The summed E-state index contributed by atoms with van der Waals surface area (Å²) in [4.78, 5) is 23.0. The molecule has 0 fully saturated rings. The van der Waals surface area contributed by atoms with Gasteiger partial charge in [-0.3, -0.25) is 14.9 Å². The van der Waals surface area contributed by atoms with Gasteiger partial charge in [-0.15, -0.1) is 0 Å². The van der Waals surface area contributed by atoms with Crippen molar-refractivity contribution in [3.8, 4) is 11.3 Å². The number of furan rings is 1. The molecule has 0 unspecified atom stereocenters. The van der Waals surface area contributed by atoms with E-state index in [1.165, 1.54) is 18.2 Å². The van der Waals surface area contributed by atoms with Crippen molar-refractivity contribution in [1.82, 2.24) is 0 Å². The predicted molar refractivity (Wildman–Crippen MR) is 115 cm³/mol. The fourth-order valence-corrected chi connectivity index (χ4v) is 2.94. The molecule has 1 aromatic heterocycles. The normalized spacial score (nSPS) is 10.4. The summed E-state index contributed by atoms with van der Waals surface area (Å²) in [5.74, 6) is 0.0739. The van der Waals surface area contributed by atoms with Crippen LogP contribution in [-0.4, -0.2) is 10.8 Å². The monoisotopic (exact) mass is 399 g/mol. The highest BCUT2D eigenvalue weighted by atomic mass is 16.6. The van der Waals surface area contributed by atoms with Crippen molar-refractivity contribution in [1.29, 1.82) is 0 Å². The molecule has 7 nitrogen and oxygen atoms in total. The molecular formula is C23H17N3O4. The molecule has 1 heterocycles. The molecule has 0 aliphatic heterocycles. The minimum absolute atomic E-state index is 0.0439. The highest BCUT2D eigenvalue weighted by Gasteiger charge is 2.14. The zero-order valence-corrected chi connectivity index (χ0v) is 15.7. The Morgan fingerprint density at radius 3 is 2.33 bits per heavy atom. The summed E-state index contributed by atoms with van der Waals surface area (Å²) in [7, 11) is 0. The molecule has 0 saturated heterocycles. The number of carbonyl (C=O) groups is 1. The second-order valence-corrected chi connectivity index (χ2v) is 6.50. The molecule has 0 bridgehead atoms. The van der Waals surface area contributed by atoms with Gasteiger partial charge in [-0.1, -0.05) is 36.4 Å². The van der Waals surface area contributed by atoms with Crippen molar-refractivity contribution in [2.75, 3.05) is 10.6 Å². The van der Waals surface area contributed by atoms with Gasteiger partial charge in [0.15, 0.2) is 5.76 Å². The number of carbonyl (C=O) groups excluding carboxylic acids is 1. The third-order valence-electron chi connectivity index (χ3n) is 4.35. The van der Waals surface area contributed by atoms with Gasteiger partial charge in [0.25, 0.3) is 11.6 Å². The van der Waals surface area contributed by atoms with Gasteiger partial charge in [0.1, 0.15) is 5.76 Å².